The molecule has 0 saturated carbocycles. The van der Waals surface area contributed by atoms with Crippen LogP contribution in [0.5, 0.6) is 0 Å². The topological polar surface area (TPSA) is 21.3 Å². The first-order valence-corrected chi connectivity index (χ1v) is 6.83. The molecule has 0 spiro atoms. The molecule has 1 aliphatic rings. The summed E-state index contributed by atoms with van der Waals surface area (Å²) in [6.07, 6.45) is 1.02. The number of rotatable bonds is 2. The Hall–Kier alpha value is -1.64. The number of benzene rings is 2. The summed E-state index contributed by atoms with van der Waals surface area (Å²) in [6, 6.07) is 19.5. The second-order valence-electron chi connectivity index (χ2n) is 5.05. The molecule has 1 heterocycles. The third kappa shape index (κ3) is 3.22. The van der Waals surface area contributed by atoms with Crippen molar-refractivity contribution < 1.29 is 4.74 Å². The van der Waals surface area contributed by atoms with E-state index in [9.17, 15) is 0 Å². The molecule has 98 valence electrons. The Balaban J connectivity index is 1.67. The van der Waals surface area contributed by atoms with E-state index in [2.05, 4.69) is 59.9 Å². The molecule has 0 fully saturated rings. The van der Waals surface area contributed by atoms with Crippen LogP contribution in [0, 0.1) is 0 Å². The molecule has 0 saturated heterocycles. The maximum atomic E-state index is 5.82. The van der Waals surface area contributed by atoms with Crippen LogP contribution in [0.3, 0.4) is 0 Å². The van der Waals surface area contributed by atoms with Gasteiger partial charge in [0.05, 0.1) is 13.2 Å². The normalized spacial score (nSPS) is 19.3. The van der Waals surface area contributed by atoms with E-state index in [0.717, 1.165) is 26.2 Å². The van der Waals surface area contributed by atoms with Crippen molar-refractivity contribution in [1.82, 2.24) is 5.32 Å². The van der Waals surface area contributed by atoms with Crippen LogP contribution in [-0.2, 0) is 24.3 Å². The zero-order valence-corrected chi connectivity index (χ0v) is 11.0. The van der Waals surface area contributed by atoms with Gasteiger partial charge in [-0.05, 0) is 23.1 Å². The Labute approximate surface area is 114 Å². The first-order valence-electron chi connectivity index (χ1n) is 6.83. The van der Waals surface area contributed by atoms with Crippen LogP contribution in [0.1, 0.15) is 16.7 Å². The highest BCUT2D eigenvalue weighted by molar-refractivity contribution is 5.27. The van der Waals surface area contributed by atoms with Crippen LogP contribution in [0.2, 0.25) is 0 Å². The molecular formula is C17H19NO. The molecule has 0 bridgehead atoms. The zero-order chi connectivity index (χ0) is 12.9. The summed E-state index contributed by atoms with van der Waals surface area (Å²) in [4.78, 5) is 0. The molecule has 3 rings (SSSR count). The predicted octanol–water partition coefficient (Wildman–Crippen LogP) is 2.92. The summed E-state index contributed by atoms with van der Waals surface area (Å²) in [5.74, 6) is 0. The van der Waals surface area contributed by atoms with Crippen LogP contribution in [0.15, 0.2) is 54.6 Å². The average Bonchev–Trinajstić information content (AvgIpc) is 2.44. The lowest BCUT2D eigenvalue weighted by Crippen LogP contribution is -2.36. The van der Waals surface area contributed by atoms with E-state index >= 15 is 0 Å². The highest BCUT2D eigenvalue weighted by Crippen LogP contribution is 2.14. The van der Waals surface area contributed by atoms with Gasteiger partial charge in [0.15, 0.2) is 0 Å². The van der Waals surface area contributed by atoms with Crippen molar-refractivity contribution in [3.63, 3.8) is 0 Å². The molecule has 0 aliphatic carbocycles. The van der Waals surface area contributed by atoms with Gasteiger partial charge in [0, 0.05) is 12.6 Å². The third-order valence-corrected chi connectivity index (χ3v) is 3.60. The quantitative estimate of drug-likeness (QED) is 0.888. The first-order chi connectivity index (χ1) is 9.42. The minimum Gasteiger partial charge on any atom is -0.375 e. The van der Waals surface area contributed by atoms with Gasteiger partial charge in [-0.25, -0.2) is 0 Å². The molecule has 1 unspecified atom stereocenters. The minimum atomic E-state index is 0.385. The molecule has 19 heavy (non-hydrogen) atoms. The molecule has 1 atom stereocenters. The van der Waals surface area contributed by atoms with E-state index < -0.39 is 0 Å². The predicted molar refractivity (Wildman–Crippen MR) is 76.9 cm³/mol. The maximum absolute atomic E-state index is 5.82. The first kappa shape index (κ1) is 12.4. The van der Waals surface area contributed by atoms with Gasteiger partial charge in [0.2, 0.25) is 0 Å². The van der Waals surface area contributed by atoms with Gasteiger partial charge in [-0.2, -0.15) is 0 Å². The molecule has 0 radical (unpaired) electrons. The smallest absolute Gasteiger partial charge is 0.0720 e. The zero-order valence-electron chi connectivity index (χ0n) is 11.0. The number of hydrogen-bond donors (Lipinski definition) is 1. The molecule has 2 heteroatoms. The van der Waals surface area contributed by atoms with Gasteiger partial charge in [-0.3, -0.25) is 0 Å². The fourth-order valence-electron chi connectivity index (χ4n) is 2.52. The Kier molecular flexibility index (Phi) is 3.92. The van der Waals surface area contributed by atoms with Crippen LogP contribution in [-0.4, -0.2) is 12.6 Å². The minimum absolute atomic E-state index is 0.385. The van der Waals surface area contributed by atoms with Crippen LogP contribution < -0.4 is 5.32 Å². The van der Waals surface area contributed by atoms with E-state index in [1.165, 1.54) is 16.7 Å². The molecule has 1 aliphatic heterocycles. The lowest BCUT2D eigenvalue weighted by molar-refractivity contribution is 0.0926. The summed E-state index contributed by atoms with van der Waals surface area (Å²) in [5, 5.41) is 3.60. The van der Waals surface area contributed by atoms with Crippen LogP contribution >= 0.6 is 0 Å². The Morgan fingerprint density at radius 1 is 0.947 bits per heavy atom. The van der Waals surface area contributed by atoms with Gasteiger partial charge in [0.1, 0.15) is 0 Å². The number of hydrogen-bond acceptors (Lipinski definition) is 2. The monoisotopic (exact) mass is 253 g/mol. The third-order valence-electron chi connectivity index (χ3n) is 3.60. The van der Waals surface area contributed by atoms with Crippen molar-refractivity contribution in [2.45, 2.75) is 25.6 Å². The largest absolute Gasteiger partial charge is 0.375 e. The molecule has 2 aromatic carbocycles. The van der Waals surface area contributed by atoms with Gasteiger partial charge >= 0.3 is 0 Å². The summed E-state index contributed by atoms with van der Waals surface area (Å²) in [5.41, 5.74) is 4.01. The summed E-state index contributed by atoms with van der Waals surface area (Å²) < 4.78 is 5.82. The SMILES string of the molecule is c1ccc(CC2COCc3ccccc3CN2)cc1. The lowest BCUT2D eigenvalue weighted by atomic mass is 10.0. The summed E-state index contributed by atoms with van der Waals surface area (Å²) in [7, 11) is 0. The Morgan fingerprint density at radius 3 is 2.53 bits per heavy atom. The summed E-state index contributed by atoms with van der Waals surface area (Å²) >= 11 is 0. The molecular weight excluding hydrogens is 234 g/mol. The molecule has 1 N–H and O–H groups in total. The highest BCUT2D eigenvalue weighted by Gasteiger charge is 2.14. The van der Waals surface area contributed by atoms with Crippen LogP contribution in [0.4, 0.5) is 0 Å². The van der Waals surface area contributed by atoms with E-state index in [0.29, 0.717) is 6.04 Å². The molecule has 0 aromatic heterocycles. The van der Waals surface area contributed by atoms with Crippen molar-refractivity contribution in [3.05, 3.63) is 71.3 Å². The lowest BCUT2D eigenvalue weighted by Gasteiger charge is -2.23. The van der Waals surface area contributed by atoms with Crippen molar-refractivity contribution in [1.29, 1.82) is 0 Å². The van der Waals surface area contributed by atoms with Gasteiger partial charge in [-0.15, -0.1) is 0 Å². The second kappa shape index (κ2) is 6.00. The van der Waals surface area contributed by atoms with E-state index in [1.54, 1.807) is 0 Å². The molecule has 2 nitrogen and oxygen atoms in total. The van der Waals surface area contributed by atoms with E-state index in [-0.39, 0.29) is 0 Å². The van der Waals surface area contributed by atoms with Gasteiger partial charge in [-0.1, -0.05) is 54.6 Å². The average molecular weight is 253 g/mol. The molecule has 2 aromatic rings. The van der Waals surface area contributed by atoms with Crippen LogP contribution in [0.25, 0.3) is 0 Å². The fourth-order valence-corrected chi connectivity index (χ4v) is 2.52. The number of fused-ring (bicyclic) bond motifs is 1. The van der Waals surface area contributed by atoms with E-state index in [1.807, 2.05) is 0 Å². The number of ether oxygens (including phenoxy) is 1. The van der Waals surface area contributed by atoms with Crippen molar-refractivity contribution in [2.24, 2.45) is 0 Å². The van der Waals surface area contributed by atoms with Gasteiger partial charge < -0.3 is 10.1 Å². The van der Waals surface area contributed by atoms with Crippen molar-refractivity contribution in [2.75, 3.05) is 6.61 Å². The Bertz CT molecular complexity index is 524. The standard InChI is InChI=1S/C17H19NO/c1-2-6-14(7-3-1)10-17-13-19-12-16-9-5-4-8-15(16)11-18-17/h1-9,17-18H,10-13H2. The van der Waals surface area contributed by atoms with E-state index in [4.69, 9.17) is 4.74 Å². The van der Waals surface area contributed by atoms with Crippen molar-refractivity contribution in [3.8, 4) is 0 Å². The van der Waals surface area contributed by atoms with Gasteiger partial charge in [0.25, 0.3) is 0 Å². The molecule has 0 amide bonds. The number of nitrogens with one attached hydrogen (secondary N) is 1. The highest BCUT2D eigenvalue weighted by atomic mass is 16.5. The fraction of sp³-hybridized carbons (Fsp3) is 0.294. The maximum Gasteiger partial charge on any atom is 0.0720 e. The van der Waals surface area contributed by atoms with Crippen molar-refractivity contribution >= 4 is 0 Å². The summed E-state index contributed by atoms with van der Waals surface area (Å²) in [6.45, 7) is 2.42. The second-order valence-corrected chi connectivity index (χ2v) is 5.05. The Morgan fingerprint density at radius 2 is 1.68 bits per heavy atom.